The summed E-state index contributed by atoms with van der Waals surface area (Å²) < 4.78 is 22.9. The normalized spacial score (nSPS) is 17.1. The summed E-state index contributed by atoms with van der Waals surface area (Å²) in [5.74, 6) is -2.44. The molecule has 9 nitrogen and oxygen atoms in total. The Morgan fingerprint density at radius 1 is 0.887 bits per heavy atom. The first-order chi connectivity index (χ1) is 24.8. The van der Waals surface area contributed by atoms with E-state index in [0.29, 0.717) is 12.4 Å². The number of esters is 1. The molecule has 0 radical (unpaired) electrons. The molecule has 0 N–H and O–H groups in total. The Hall–Kier alpha value is -3.82. The van der Waals surface area contributed by atoms with E-state index in [0.717, 1.165) is 22.2 Å². The molecule has 53 heavy (non-hydrogen) atoms. The lowest BCUT2D eigenvalue weighted by molar-refractivity contribution is -0.170. The molecule has 0 unspecified atom stereocenters. The number of carbonyl (C=O) groups is 4. The van der Waals surface area contributed by atoms with Crippen LogP contribution in [0.3, 0.4) is 0 Å². The van der Waals surface area contributed by atoms with Gasteiger partial charge in [0.1, 0.15) is 17.1 Å². The van der Waals surface area contributed by atoms with Crippen molar-refractivity contribution >= 4 is 61.7 Å². The third-order valence-corrected chi connectivity index (χ3v) is 21.0. The van der Waals surface area contributed by atoms with Crippen LogP contribution in [0.1, 0.15) is 54.0 Å². The summed E-state index contributed by atoms with van der Waals surface area (Å²) in [6.07, 6.45) is 0.600. The smallest absolute Gasteiger partial charge is 0.397 e. The highest BCUT2D eigenvalue weighted by atomic mass is 32.2. The van der Waals surface area contributed by atoms with Crippen molar-refractivity contribution in [1.82, 2.24) is 4.90 Å². The Morgan fingerprint density at radius 3 is 1.91 bits per heavy atom. The predicted molar refractivity (Wildman–Crippen MR) is 215 cm³/mol. The van der Waals surface area contributed by atoms with E-state index in [2.05, 4.69) is 110 Å². The van der Waals surface area contributed by atoms with Crippen LogP contribution >= 0.6 is 11.8 Å². The van der Waals surface area contributed by atoms with Crippen molar-refractivity contribution in [2.75, 3.05) is 19.8 Å². The zero-order chi connectivity index (χ0) is 39.2. The van der Waals surface area contributed by atoms with Gasteiger partial charge in [-0.2, -0.15) is 0 Å². The van der Waals surface area contributed by atoms with Crippen LogP contribution in [-0.2, 0) is 39.4 Å². The van der Waals surface area contributed by atoms with Crippen molar-refractivity contribution in [2.24, 2.45) is 0 Å². The first-order valence-electron chi connectivity index (χ1n) is 17.8. The molecule has 4 rings (SSSR count). The summed E-state index contributed by atoms with van der Waals surface area (Å²) in [4.78, 5) is 53.0. The van der Waals surface area contributed by atoms with E-state index in [-0.39, 0.29) is 29.8 Å². The fourth-order valence-electron chi connectivity index (χ4n) is 6.17. The summed E-state index contributed by atoms with van der Waals surface area (Å²) in [6, 6.07) is 28.3. The van der Waals surface area contributed by atoms with Crippen LogP contribution in [0.4, 0.5) is 0 Å². The molecule has 1 saturated heterocycles. The summed E-state index contributed by atoms with van der Waals surface area (Å²) in [5, 5.41) is 1.64. The topological polar surface area (TPSA) is 108 Å². The van der Waals surface area contributed by atoms with Crippen molar-refractivity contribution in [1.29, 1.82) is 0 Å². The van der Waals surface area contributed by atoms with Gasteiger partial charge in [-0.25, -0.2) is 4.79 Å². The van der Waals surface area contributed by atoms with Gasteiger partial charge in [0.25, 0.3) is 14.2 Å². The Labute approximate surface area is 320 Å². The minimum Gasteiger partial charge on any atom is -0.485 e. The van der Waals surface area contributed by atoms with Gasteiger partial charge in [0, 0.05) is 0 Å². The first-order valence-corrected chi connectivity index (χ1v) is 23.4. The van der Waals surface area contributed by atoms with E-state index < -0.39 is 50.4 Å². The summed E-state index contributed by atoms with van der Waals surface area (Å²) in [6.45, 7) is 22.0. The molecule has 1 aliphatic rings. The molecule has 3 aromatic rings. The molecule has 2 amide bonds. The zero-order valence-corrected chi connectivity index (χ0v) is 35.2. The van der Waals surface area contributed by atoms with E-state index in [1.54, 1.807) is 19.1 Å². The SMILES string of the molecule is C=CCOC(=O)C(=O)N1C[C@](SC(=O)COc2ccc(CO[Si](c3ccccc3)(c3ccccc3)C(C)(C)C)cc2)([C@@H](C)O[Si](C)(C)C(C)(C)C)C1=O. The fourth-order valence-corrected chi connectivity index (χ4v) is 13.4. The van der Waals surface area contributed by atoms with Crippen LogP contribution in [0.15, 0.2) is 97.6 Å². The second kappa shape index (κ2) is 16.7. The lowest BCUT2D eigenvalue weighted by Crippen LogP contribution is -2.73. The lowest BCUT2D eigenvalue weighted by atomic mass is 9.92. The molecule has 1 heterocycles. The molecule has 0 saturated carbocycles. The fraction of sp³-hybridized carbons (Fsp3) is 0.415. The highest BCUT2D eigenvalue weighted by Gasteiger charge is 2.62. The van der Waals surface area contributed by atoms with Crippen molar-refractivity contribution in [2.45, 2.75) is 89.1 Å². The van der Waals surface area contributed by atoms with Gasteiger partial charge in [-0.1, -0.05) is 139 Å². The molecule has 284 valence electrons. The van der Waals surface area contributed by atoms with Crippen LogP contribution in [0, 0.1) is 0 Å². The molecule has 2 atom stereocenters. The molecule has 0 aliphatic carbocycles. The maximum Gasteiger partial charge on any atom is 0.397 e. The Morgan fingerprint density at radius 2 is 1.43 bits per heavy atom. The average molecular weight is 776 g/mol. The average Bonchev–Trinajstić information content (AvgIpc) is 3.11. The van der Waals surface area contributed by atoms with Crippen LogP contribution in [0.2, 0.25) is 23.2 Å². The van der Waals surface area contributed by atoms with E-state index in [4.69, 9.17) is 18.3 Å². The lowest BCUT2D eigenvalue weighted by Gasteiger charge is -2.51. The number of ether oxygens (including phenoxy) is 2. The molecule has 3 aromatic carbocycles. The standard InChI is InChI=1S/C41H53NO8SSi2/c1-11-26-47-37(45)36(44)42-29-41(38(42)46,30(2)50-52(9,10)39(3,4)5)51-35(43)28-48-32-24-22-31(23-25-32)27-49-53(40(6,7)8,33-18-14-12-15-19-33)34-20-16-13-17-21-34/h11-25,30H,1,26-29H2,2-10H3/t30-,41+/m1/s1. The van der Waals surface area contributed by atoms with Crippen LogP contribution in [0.25, 0.3) is 0 Å². The van der Waals surface area contributed by atoms with E-state index in [1.165, 1.54) is 16.4 Å². The van der Waals surface area contributed by atoms with Crippen LogP contribution in [-0.4, -0.2) is 75.0 Å². The van der Waals surface area contributed by atoms with E-state index >= 15 is 0 Å². The molecule has 0 spiro atoms. The van der Waals surface area contributed by atoms with Crippen LogP contribution < -0.4 is 15.1 Å². The Bertz CT molecular complexity index is 1730. The summed E-state index contributed by atoms with van der Waals surface area (Å²) >= 11 is 0.790. The number of benzene rings is 3. The van der Waals surface area contributed by atoms with Crippen molar-refractivity contribution in [3.8, 4) is 5.75 Å². The molecule has 0 bridgehead atoms. The van der Waals surface area contributed by atoms with Gasteiger partial charge in [0.2, 0.25) is 5.12 Å². The minimum atomic E-state index is -2.73. The maximum absolute atomic E-state index is 13.7. The van der Waals surface area contributed by atoms with Gasteiger partial charge in [0.05, 0.1) is 19.3 Å². The van der Waals surface area contributed by atoms with Crippen molar-refractivity contribution in [3.63, 3.8) is 0 Å². The number of rotatable bonds is 14. The molecular weight excluding hydrogens is 723 g/mol. The van der Waals surface area contributed by atoms with Gasteiger partial charge < -0.3 is 18.3 Å². The quantitative estimate of drug-likeness (QED) is 0.0585. The molecule has 0 aromatic heterocycles. The van der Waals surface area contributed by atoms with Gasteiger partial charge >= 0.3 is 11.9 Å². The number of hydrogen-bond acceptors (Lipinski definition) is 9. The number of imide groups is 1. The molecule has 1 fully saturated rings. The van der Waals surface area contributed by atoms with E-state index in [9.17, 15) is 19.2 Å². The first kappa shape index (κ1) is 41.9. The summed E-state index contributed by atoms with van der Waals surface area (Å²) in [5.41, 5.74) is 0.957. The Kier molecular flexibility index (Phi) is 13.2. The molecular formula is C41H53NO8SSi2. The van der Waals surface area contributed by atoms with Gasteiger partial charge in [-0.05, 0) is 58.2 Å². The van der Waals surface area contributed by atoms with Gasteiger partial charge in [0.15, 0.2) is 14.9 Å². The number of amides is 2. The van der Waals surface area contributed by atoms with Crippen molar-refractivity contribution < 1.29 is 37.5 Å². The number of thioether (sulfide) groups is 1. The molecule has 1 aliphatic heterocycles. The third kappa shape index (κ3) is 9.12. The third-order valence-electron chi connectivity index (χ3n) is 10.1. The van der Waals surface area contributed by atoms with E-state index in [1.807, 2.05) is 24.3 Å². The summed E-state index contributed by atoms with van der Waals surface area (Å²) in [7, 11) is -5.13. The number of likely N-dealkylation sites (tertiary alicyclic amines) is 1. The highest BCUT2D eigenvalue weighted by molar-refractivity contribution is 8.15. The number of hydrogen-bond donors (Lipinski definition) is 0. The van der Waals surface area contributed by atoms with Crippen molar-refractivity contribution in [3.05, 3.63) is 103 Å². The second-order valence-electron chi connectivity index (χ2n) is 15.9. The molecule has 12 heteroatoms. The highest BCUT2D eigenvalue weighted by Crippen LogP contribution is 2.46. The minimum absolute atomic E-state index is 0.164. The van der Waals surface area contributed by atoms with Crippen LogP contribution in [0.5, 0.6) is 5.75 Å². The number of nitrogens with zero attached hydrogens (tertiary/aromatic N) is 1. The van der Waals surface area contributed by atoms with Gasteiger partial charge in [-0.15, -0.1) is 0 Å². The zero-order valence-electron chi connectivity index (χ0n) is 32.4. The largest absolute Gasteiger partial charge is 0.485 e. The monoisotopic (exact) mass is 775 g/mol. The second-order valence-corrected chi connectivity index (χ2v) is 26.3. The number of β-lactam (4-membered cyclic amide) rings is 1. The Balaban J connectivity index is 1.47. The number of carbonyl (C=O) groups excluding carboxylic acids is 4. The maximum atomic E-state index is 13.7. The predicted octanol–water partition coefficient (Wildman–Crippen LogP) is 6.65. The van der Waals surface area contributed by atoms with Gasteiger partial charge in [-0.3, -0.25) is 19.3 Å².